The fraction of sp³-hybridized carbons (Fsp3) is 0.529. The predicted molar refractivity (Wildman–Crippen MR) is 84.1 cm³/mol. The summed E-state index contributed by atoms with van der Waals surface area (Å²) < 4.78 is 5.78. The molecule has 2 rings (SSSR count). The summed E-state index contributed by atoms with van der Waals surface area (Å²) in [6.45, 7) is 10.5. The third-order valence-electron chi connectivity index (χ3n) is 3.61. The minimum absolute atomic E-state index is 0.724. The van der Waals surface area contributed by atoms with Crippen LogP contribution in [0, 0.1) is 0 Å². The highest BCUT2D eigenvalue weighted by Crippen LogP contribution is 2.19. The summed E-state index contributed by atoms with van der Waals surface area (Å²) in [6, 6.07) is 9.18. The topological polar surface area (TPSA) is 24.5 Å². The van der Waals surface area contributed by atoms with E-state index in [1.54, 1.807) is 0 Å². The van der Waals surface area contributed by atoms with Crippen LogP contribution in [-0.4, -0.2) is 37.2 Å². The van der Waals surface area contributed by atoms with Gasteiger partial charge >= 0.3 is 0 Å². The molecule has 3 nitrogen and oxygen atoms in total. The van der Waals surface area contributed by atoms with Crippen LogP contribution in [0.1, 0.15) is 25.3 Å². The van der Waals surface area contributed by atoms with Gasteiger partial charge in [0.05, 0.1) is 0 Å². The van der Waals surface area contributed by atoms with Gasteiger partial charge in [-0.2, -0.15) is 0 Å². The molecule has 0 radical (unpaired) electrons. The lowest BCUT2D eigenvalue weighted by Gasteiger charge is -2.18. The minimum atomic E-state index is 0.724. The molecule has 1 fully saturated rings. The van der Waals surface area contributed by atoms with Crippen molar-refractivity contribution in [1.29, 1.82) is 0 Å². The van der Waals surface area contributed by atoms with Crippen molar-refractivity contribution >= 4 is 0 Å². The summed E-state index contributed by atoms with van der Waals surface area (Å²) in [5.41, 5.74) is 1.33. The first kappa shape index (κ1) is 15.1. The van der Waals surface area contributed by atoms with Crippen molar-refractivity contribution in [2.75, 3.05) is 26.2 Å². The summed E-state index contributed by atoms with van der Waals surface area (Å²) in [6.07, 6.45) is 4.60. The van der Waals surface area contributed by atoms with Gasteiger partial charge in [0.1, 0.15) is 12.4 Å². The molecule has 0 unspecified atom stereocenters. The molecular formula is C17H26N2O. The smallest absolute Gasteiger partial charge is 0.119 e. The monoisotopic (exact) mass is 274 g/mol. The lowest BCUT2D eigenvalue weighted by atomic mass is 10.2. The number of benzene rings is 1. The maximum Gasteiger partial charge on any atom is 0.119 e. The molecule has 0 atom stereocenters. The van der Waals surface area contributed by atoms with E-state index in [1.807, 2.05) is 6.08 Å². The third-order valence-corrected chi connectivity index (χ3v) is 3.61. The van der Waals surface area contributed by atoms with Gasteiger partial charge in [0.15, 0.2) is 0 Å². The highest BCUT2D eigenvalue weighted by atomic mass is 16.5. The molecule has 1 saturated carbocycles. The Labute approximate surface area is 122 Å². The van der Waals surface area contributed by atoms with Gasteiger partial charge in [-0.1, -0.05) is 25.1 Å². The quantitative estimate of drug-likeness (QED) is 0.664. The number of hydrogen-bond acceptors (Lipinski definition) is 3. The average Bonchev–Trinajstić information content (AvgIpc) is 3.30. The summed E-state index contributed by atoms with van der Waals surface area (Å²) in [5, 5.41) is 3.52. The van der Waals surface area contributed by atoms with Gasteiger partial charge in [-0.25, -0.2) is 0 Å². The predicted octanol–water partition coefficient (Wildman–Crippen LogP) is 2.83. The molecule has 1 aromatic carbocycles. The van der Waals surface area contributed by atoms with E-state index in [2.05, 4.69) is 48.0 Å². The van der Waals surface area contributed by atoms with Crippen LogP contribution in [0.15, 0.2) is 36.9 Å². The minimum Gasteiger partial charge on any atom is -0.492 e. The molecule has 0 spiro atoms. The normalized spacial score (nSPS) is 14.5. The van der Waals surface area contributed by atoms with Crippen molar-refractivity contribution in [2.24, 2.45) is 0 Å². The van der Waals surface area contributed by atoms with E-state index in [-0.39, 0.29) is 0 Å². The number of rotatable bonds is 10. The van der Waals surface area contributed by atoms with Crippen LogP contribution in [-0.2, 0) is 6.54 Å². The SMILES string of the molecule is C=CCN(CC)CCOc1ccc(CNC2CC2)cc1. The molecule has 1 aliphatic rings. The Balaban J connectivity index is 1.68. The highest BCUT2D eigenvalue weighted by molar-refractivity contribution is 5.27. The van der Waals surface area contributed by atoms with Gasteiger partial charge in [-0.3, -0.25) is 4.90 Å². The van der Waals surface area contributed by atoms with Crippen LogP contribution in [0.25, 0.3) is 0 Å². The van der Waals surface area contributed by atoms with Crippen LogP contribution in [0.2, 0.25) is 0 Å². The molecule has 1 aliphatic carbocycles. The van der Waals surface area contributed by atoms with Gasteiger partial charge in [0.2, 0.25) is 0 Å². The summed E-state index contributed by atoms with van der Waals surface area (Å²) in [7, 11) is 0. The molecule has 0 heterocycles. The lowest BCUT2D eigenvalue weighted by Crippen LogP contribution is -2.28. The zero-order chi connectivity index (χ0) is 14.2. The molecular weight excluding hydrogens is 248 g/mol. The number of nitrogens with one attached hydrogen (secondary N) is 1. The van der Waals surface area contributed by atoms with Crippen molar-refractivity contribution in [1.82, 2.24) is 10.2 Å². The van der Waals surface area contributed by atoms with E-state index in [1.165, 1.54) is 18.4 Å². The van der Waals surface area contributed by atoms with E-state index in [9.17, 15) is 0 Å². The molecule has 110 valence electrons. The Hall–Kier alpha value is -1.32. The van der Waals surface area contributed by atoms with E-state index in [4.69, 9.17) is 4.74 Å². The van der Waals surface area contributed by atoms with Crippen molar-refractivity contribution in [3.8, 4) is 5.75 Å². The number of likely N-dealkylation sites (N-methyl/N-ethyl adjacent to an activating group) is 1. The van der Waals surface area contributed by atoms with E-state index in [0.717, 1.165) is 44.6 Å². The average molecular weight is 274 g/mol. The second kappa shape index (κ2) is 8.08. The second-order valence-corrected chi connectivity index (χ2v) is 5.33. The van der Waals surface area contributed by atoms with Gasteiger partial charge in [0.25, 0.3) is 0 Å². The Morgan fingerprint density at radius 2 is 2.10 bits per heavy atom. The zero-order valence-corrected chi connectivity index (χ0v) is 12.5. The fourth-order valence-corrected chi connectivity index (χ4v) is 2.11. The third kappa shape index (κ3) is 5.35. The van der Waals surface area contributed by atoms with Crippen molar-refractivity contribution in [3.63, 3.8) is 0 Å². The largest absolute Gasteiger partial charge is 0.492 e. The Kier molecular flexibility index (Phi) is 6.09. The maximum atomic E-state index is 5.78. The summed E-state index contributed by atoms with van der Waals surface area (Å²) >= 11 is 0. The van der Waals surface area contributed by atoms with Gasteiger partial charge < -0.3 is 10.1 Å². The zero-order valence-electron chi connectivity index (χ0n) is 12.5. The molecule has 20 heavy (non-hydrogen) atoms. The second-order valence-electron chi connectivity index (χ2n) is 5.33. The van der Waals surface area contributed by atoms with Gasteiger partial charge in [-0.05, 0) is 37.1 Å². The highest BCUT2D eigenvalue weighted by Gasteiger charge is 2.19. The fourth-order valence-electron chi connectivity index (χ4n) is 2.11. The van der Waals surface area contributed by atoms with Crippen LogP contribution < -0.4 is 10.1 Å². The molecule has 0 bridgehead atoms. The van der Waals surface area contributed by atoms with E-state index < -0.39 is 0 Å². The first-order valence-electron chi connectivity index (χ1n) is 7.60. The number of nitrogens with zero attached hydrogens (tertiary/aromatic N) is 1. The van der Waals surface area contributed by atoms with Crippen molar-refractivity contribution in [3.05, 3.63) is 42.5 Å². The van der Waals surface area contributed by atoms with Crippen LogP contribution in [0.4, 0.5) is 0 Å². The van der Waals surface area contributed by atoms with Crippen LogP contribution >= 0.6 is 0 Å². The van der Waals surface area contributed by atoms with Gasteiger partial charge in [0, 0.05) is 25.7 Å². The molecule has 0 amide bonds. The summed E-state index contributed by atoms with van der Waals surface area (Å²) in [4.78, 5) is 2.31. The molecule has 1 aromatic rings. The van der Waals surface area contributed by atoms with E-state index in [0.29, 0.717) is 0 Å². The van der Waals surface area contributed by atoms with E-state index >= 15 is 0 Å². The number of hydrogen-bond donors (Lipinski definition) is 1. The molecule has 1 N–H and O–H groups in total. The molecule has 0 saturated heterocycles. The molecule has 3 heteroatoms. The first-order valence-corrected chi connectivity index (χ1v) is 7.60. The summed E-state index contributed by atoms with van der Waals surface area (Å²) in [5.74, 6) is 0.954. The Morgan fingerprint density at radius 1 is 1.35 bits per heavy atom. The van der Waals surface area contributed by atoms with Crippen molar-refractivity contribution in [2.45, 2.75) is 32.4 Å². The van der Waals surface area contributed by atoms with Crippen molar-refractivity contribution < 1.29 is 4.74 Å². The Bertz CT molecular complexity index is 398. The van der Waals surface area contributed by atoms with Crippen LogP contribution in [0.5, 0.6) is 5.75 Å². The standard InChI is InChI=1S/C17H26N2O/c1-3-11-19(4-2)12-13-20-17-9-5-15(6-10-17)14-18-16-7-8-16/h3,5-6,9-10,16,18H,1,4,7-8,11-14H2,2H3. The number of ether oxygens (including phenoxy) is 1. The maximum absolute atomic E-state index is 5.78. The first-order chi connectivity index (χ1) is 9.81. The molecule has 0 aromatic heterocycles. The molecule has 0 aliphatic heterocycles. The van der Waals surface area contributed by atoms with Crippen LogP contribution in [0.3, 0.4) is 0 Å². The Morgan fingerprint density at radius 3 is 2.70 bits per heavy atom. The lowest BCUT2D eigenvalue weighted by molar-refractivity contribution is 0.229. The van der Waals surface area contributed by atoms with Gasteiger partial charge in [-0.15, -0.1) is 6.58 Å².